The van der Waals surface area contributed by atoms with Gasteiger partial charge in [0.15, 0.2) is 6.29 Å². The predicted octanol–water partition coefficient (Wildman–Crippen LogP) is 3.92. The first-order chi connectivity index (χ1) is 8.58. The van der Waals surface area contributed by atoms with Crippen LogP contribution in [0.15, 0.2) is 22.7 Å². The normalized spacial score (nSPS) is 12.8. The van der Waals surface area contributed by atoms with Crippen molar-refractivity contribution < 1.29 is 14.2 Å². The molecule has 1 atom stereocenters. The van der Waals surface area contributed by atoms with Crippen molar-refractivity contribution in [3.63, 3.8) is 0 Å². The minimum atomic E-state index is -0.340. The summed E-state index contributed by atoms with van der Waals surface area (Å²) in [6, 6.07) is 5.99. The van der Waals surface area contributed by atoms with Gasteiger partial charge in [-0.2, -0.15) is 0 Å². The Bertz CT molecular complexity index is 362. The van der Waals surface area contributed by atoms with Gasteiger partial charge in [-0.15, -0.1) is 0 Å². The molecule has 0 saturated carbocycles. The third kappa shape index (κ3) is 4.59. The van der Waals surface area contributed by atoms with Crippen molar-refractivity contribution in [2.24, 2.45) is 0 Å². The quantitative estimate of drug-likeness (QED) is 0.713. The van der Waals surface area contributed by atoms with Crippen LogP contribution in [0, 0.1) is 6.92 Å². The monoisotopic (exact) mass is 316 g/mol. The number of aryl methyl sites for hydroxylation is 1. The van der Waals surface area contributed by atoms with E-state index in [4.69, 9.17) is 14.2 Å². The Balaban J connectivity index is 2.69. The van der Waals surface area contributed by atoms with Crippen LogP contribution >= 0.6 is 15.9 Å². The summed E-state index contributed by atoms with van der Waals surface area (Å²) in [6.07, 6.45) is -0.503. The molecule has 4 heteroatoms. The summed E-state index contributed by atoms with van der Waals surface area (Å²) in [6.45, 7) is 9.09. The smallest absolute Gasteiger partial charge is 0.194 e. The molecule has 0 spiro atoms. The summed E-state index contributed by atoms with van der Waals surface area (Å²) >= 11 is 3.50. The summed E-state index contributed by atoms with van der Waals surface area (Å²) in [5.74, 6) is 0.803. The second kappa shape index (κ2) is 7.77. The van der Waals surface area contributed by atoms with E-state index >= 15 is 0 Å². The fraction of sp³-hybridized carbons (Fsp3) is 0.571. The lowest BCUT2D eigenvalue weighted by atomic mass is 10.2. The molecule has 0 N–H and O–H groups in total. The van der Waals surface area contributed by atoms with Crippen LogP contribution in [0.4, 0.5) is 0 Å². The van der Waals surface area contributed by atoms with Crippen molar-refractivity contribution in [3.05, 3.63) is 28.2 Å². The average Bonchev–Trinajstić information content (AvgIpc) is 2.32. The van der Waals surface area contributed by atoms with Crippen LogP contribution in [0.3, 0.4) is 0 Å². The Hall–Kier alpha value is -0.580. The van der Waals surface area contributed by atoms with Gasteiger partial charge in [0.05, 0.1) is 4.47 Å². The number of ether oxygens (including phenoxy) is 3. The second-order valence-electron chi connectivity index (χ2n) is 4.04. The molecule has 0 bridgehead atoms. The van der Waals surface area contributed by atoms with E-state index in [1.807, 2.05) is 45.9 Å². The molecule has 0 amide bonds. The van der Waals surface area contributed by atoms with Gasteiger partial charge in [0, 0.05) is 13.2 Å². The SMILES string of the molecule is CCOC(OCC)C(C)Oc1ccc(C)cc1Br. The molecule has 18 heavy (non-hydrogen) atoms. The second-order valence-corrected chi connectivity index (χ2v) is 4.89. The highest BCUT2D eigenvalue weighted by Crippen LogP contribution is 2.27. The first-order valence-corrected chi connectivity index (χ1v) is 7.03. The van der Waals surface area contributed by atoms with E-state index in [-0.39, 0.29) is 12.4 Å². The van der Waals surface area contributed by atoms with E-state index in [0.29, 0.717) is 13.2 Å². The van der Waals surface area contributed by atoms with E-state index in [9.17, 15) is 0 Å². The molecule has 102 valence electrons. The van der Waals surface area contributed by atoms with Gasteiger partial charge in [-0.1, -0.05) is 6.07 Å². The van der Waals surface area contributed by atoms with Gasteiger partial charge in [0.25, 0.3) is 0 Å². The number of hydrogen-bond donors (Lipinski definition) is 0. The van der Waals surface area contributed by atoms with Gasteiger partial charge in [0.2, 0.25) is 0 Å². The molecule has 1 aromatic rings. The number of hydrogen-bond acceptors (Lipinski definition) is 3. The maximum Gasteiger partial charge on any atom is 0.194 e. The van der Waals surface area contributed by atoms with Crippen molar-refractivity contribution in [1.82, 2.24) is 0 Å². The van der Waals surface area contributed by atoms with Crippen LogP contribution < -0.4 is 4.74 Å². The summed E-state index contributed by atoms with van der Waals surface area (Å²) in [5.41, 5.74) is 1.19. The highest BCUT2D eigenvalue weighted by Gasteiger charge is 2.20. The van der Waals surface area contributed by atoms with E-state index in [0.717, 1.165) is 10.2 Å². The minimum absolute atomic E-state index is 0.163. The van der Waals surface area contributed by atoms with Crippen molar-refractivity contribution in [2.75, 3.05) is 13.2 Å². The van der Waals surface area contributed by atoms with E-state index in [1.54, 1.807) is 0 Å². The highest BCUT2D eigenvalue weighted by atomic mass is 79.9. The third-order valence-corrected chi connectivity index (χ3v) is 3.07. The number of halogens is 1. The molecular formula is C14H21BrO3. The Kier molecular flexibility index (Phi) is 6.68. The lowest BCUT2D eigenvalue weighted by molar-refractivity contribution is -0.178. The number of rotatable bonds is 7. The molecule has 3 nitrogen and oxygen atoms in total. The van der Waals surface area contributed by atoms with Gasteiger partial charge >= 0.3 is 0 Å². The summed E-state index contributed by atoms with van der Waals surface area (Å²) in [4.78, 5) is 0. The summed E-state index contributed by atoms with van der Waals surface area (Å²) < 4.78 is 17.9. The van der Waals surface area contributed by atoms with Crippen LogP contribution in [-0.4, -0.2) is 25.6 Å². The van der Waals surface area contributed by atoms with Gasteiger partial charge in [-0.05, 0) is 61.3 Å². The third-order valence-electron chi connectivity index (χ3n) is 2.45. The number of benzene rings is 1. The van der Waals surface area contributed by atoms with Crippen molar-refractivity contribution >= 4 is 15.9 Å². The predicted molar refractivity (Wildman–Crippen MR) is 76.0 cm³/mol. The first-order valence-electron chi connectivity index (χ1n) is 6.24. The maximum absolute atomic E-state index is 5.87. The Labute approximate surface area is 118 Å². The van der Waals surface area contributed by atoms with Gasteiger partial charge < -0.3 is 14.2 Å². The van der Waals surface area contributed by atoms with Crippen molar-refractivity contribution in [3.8, 4) is 5.75 Å². The molecule has 0 aliphatic rings. The fourth-order valence-corrected chi connectivity index (χ4v) is 2.19. The van der Waals surface area contributed by atoms with E-state index in [1.165, 1.54) is 5.56 Å². The van der Waals surface area contributed by atoms with Crippen LogP contribution in [0.5, 0.6) is 5.75 Å². The lowest BCUT2D eigenvalue weighted by Gasteiger charge is -2.25. The summed E-state index contributed by atoms with van der Waals surface area (Å²) in [5, 5.41) is 0. The molecule has 0 heterocycles. The molecular weight excluding hydrogens is 296 g/mol. The molecule has 0 aromatic heterocycles. The van der Waals surface area contributed by atoms with Crippen molar-refractivity contribution in [1.29, 1.82) is 0 Å². The first kappa shape index (κ1) is 15.5. The van der Waals surface area contributed by atoms with Crippen LogP contribution in [-0.2, 0) is 9.47 Å². The zero-order chi connectivity index (χ0) is 13.5. The molecule has 0 radical (unpaired) electrons. The minimum Gasteiger partial charge on any atom is -0.484 e. The maximum atomic E-state index is 5.87. The molecule has 1 rings (SSSR count). The standard InChI is InChI=1S/C14H21BrO3/c1-5-16-14(17-6-2)11(4)18-13-8-7-10(3)9-12(13)15/h7-9,11,14H,5-6H2,1-4H3. The van der Waals surface area contributed by atoms with Gasteiger partial charge in [-0.3, -0.25) is 0 Å². The van der Waals surface area contributed by atoms with E-state index in [2.05, 4.69) is 15.9 Å². The van der Waals surface area contributed by atoms with Crippen LogP contribution in [0.25, 0.3) is 0 Å². The molecule has 1 unspecified atom stereocenters. The zero-order valence-electron chi connectivity index (χ0n) is 11.4. The Morgan fingerprint density at radius 2 is 1.78 bits per heavy atom. The molecule has 0 saturated heterocycles. The lowest BCUT2D eigenvalue weighted by Crippen LogP contribution is -2.34. The highest BCUT2D eigenvalue weighted by molar-refractivity contribution is 9.10. The Morgan fingerprint density at radius 3 is 2.28 bits per heavy atom. The zero-order valence-corrected chi connectivity index (χ0v) is 13.0. The summed E-state index contributed by atoms with van der Waals surface area (Å²) in [7, 11) is 0. The van der Waals surface area contributed by atoms with Crippen LogP contribution in [0.1, 0.15) is 26.3 Å². The molecule has 0 aliphatic carbocycles. The average molecular weight is 317 g/mol. The van der Waals surface area contributed by atoms with Crippen molar-refractivity contribution in [2.45, 2.75) is 40.1 Å². The van der Waals surface area contributed by atoms with Crippen LogP contribution in [0.2, 0.25) is 0 Å². The largest absolute Gasteiger partial charge is 0.484 e. The van der Waals surface area contributed by atoms with Gasteiger partial charge in [-0.25, -0.2) is 0 Å². The van der Waals surface area contributed by atoms with E-state index < -0.39 is 0 Å². The topological polar surface area (TPSA) is 27.7 Å². The molecule has 0 fully saturated rings. The molecule has 1 aromatic carbocycles. The fourth-order valence-electron chi connectivity index (χ4n) is 1.60. The molecule has 0 aliphatic heterocycles. The van der Waals surface area contributed by atoms with Gasteiger partial charge in [0.1, 0.15) is 11.9 Å². The Morgan fingerprint density at radius 1 is 1.17 bits per heavy atom.